The van der Waals surface area contributed by atoms with Crippen molar-refractivity contribution >= 4 is 17.1 Å². The lowest BCUT2D eigenvalue weighted by atomic mass is 10.2. The van der Waals surface area contributed by atoms with Crippen LogP contribution in [-0.2, 0) is 4.74 Å². The molecule has 0 amide bonds. The van der Waals surface area contributed by atoms with E-state index in [1.54, 1.807) is 6.20 Å². The van der Waals surface area contributed by atoms with Crippen LogP contribution in [0, 0.1) is 0 Å². The maximum absolute atomic E-state index is 11.7. The summed E-state index contributed by atoms with van der Waals surface area (Å²) in [7, 11) is 0. The zero-order valence-corrected chi connectivity index (χ0v) is 10.0. The number of hydrogen-bond acceptors (Lipinski definition) is 5. The highest BCUT2D eigenvalue weighted by Crippen LogP contribution is 2.09. The first-order chi connectivity index (χ1) is 7.86. The molecule has 0 spiro atoms. The zero-order valence-electron chi connectivity index (χ0n) is 9.22. The van der Waals surface area contributed by atoms with Crippen molar-refractivity contribution in [3.63, 3.8) is 0 Å². The van der Waals surface area contributed by atoms with Crippen LogP contribution in [0.15, 0.2) is 11.6 Å². The van der Waals surface area contributed by atoms with E-state index in [4.69, 9.17) is 4.74 Å². The summed E-state index contributed by atoms with van der Waals surface area (Å²) in [5.74, 6) is 0.170. The number of hydrogen-bond donors (Lipinski definition) is 0. The number of ether oxygens (including phenoxy) is 1. The smallest absolute Gasteiger partial charge is 0.191 e. The van der Waals surface area contributed by atoms with E-state index >= 15 is 0 Å². The van der Waals surface area contributed by atoms with Crippen molar-refractivity contribution in [2.24, 2.45) is 0 Å². The van der Waals surface area contributed by atoms with Crippen molar-refractivity contribution in [1.82, 2.24) is 9.88 Å². The summed E-state index contributed by atoms with van der Waals surface area (Å²) in [5.41, 5.74) is 0. The van der Waals surface area contributed by atoms with Gasteiger partial charge in [-0.3, -0.25) is 9.69 Å². The van der Waals surface area contributed by atoms with Crippen molar-refractivity contribution in [3.05, 3.63) is 16.6 Å². The van der Waals surface area contributed by atoms with Crippen LogP contribution in [0.25, 0.3) is 0 Å². The molecule has 88 valence electrons. The predicted molar refractivity (Wildman–Crippen MR) is 62.9 cm³/mol. The lowest BCUT2D eigenvalue weighted by Crippen LogP contribution is -2.36. The number of nitrogens with zero attached hydrogens (tertiary/aromatic N) is 2. The van der Waals surface area contributed by atoms with Gasteiger partial charge in [0.15, 0.2) is 10.8 Å². The molecule has 2 heterocycles. The molecule has 0 aliphatic carbocycles. The van der Waals surface area contributed by atoms with E-state index in [1.807, 2.05) is 5.38 Å². The number of carbonyl (C=O) groups is 1. The molecule has 1 aromatic rings. The third-order valence-electron chi connectivity index (χ3n) is 2.65. The molecule has 0 bridgehead atoms. The maximum atomic E-state index is 11.7. The average molecular weight is 240 g/mol. The fraction of sp³-hybridized carbons (Fsp3) is 0.636. The van der Waals surface area contributed by atoms with Gasteiger partial charge in [-0.15, -0.1) is 11.3 Å². The van der Waals surface area contributed by atoms with Crippen LogP contribution < -0.4 is 0 Å². The van der Waals surface area contributed by atoms with E-state index in [-0.39, 0.29) is 5.78 Å². The van der Waals surface area contributed by atoms with Crippen LogP contribution in [0.4, 0.5) is 0 Å². The highest BCUT2D eigenvalue weighted by Gasteiger charge is 2.12. The summed E-state index contributed by atoms with van der Waals surface area (Å²) in [5, 5.41) is 2.48. The van der Waals surface area contributed by atoms with E-state index in [2.05, 4.69) is 9.88 Å². The molecule has 0 saturated carbocycles. The van der Waals surface area contributed by atoms with Crippen LogP contribution in [0.1, 0.15) is 22.6 Å². The maximum Gasteiger partial charge on any atom is 0.191 e. The molecule has 1 aromatic heterocycles. The molecule has 1 aliphatic heterocycles. The third-order valence-corrected chi connectivity index (χ3v) is 3.47. The van der Waals surface area contributed by atoms with Gasteiger partial charge in [-0.1, -0.05) is 0 Å². The molecule has 0 aromatic carbocycles. The lowest BCUT2D eigenvalue weighted by Gasteiger charge is -2.26. The Morgan fingerprint density at radius 3 is 3.00 bits per heavy atom. The van der Waals surface area contributed by atoms with Gasteiger partial charge in [0, 0.05) is 31.1 Å². The molecule has 5 heteroatoms. The molecule has 0 N–H and O–H groups in total. The first-order valence-electron chi connectivity index (χ1n) is 5.59. The summed E-state index contributed by atoms with van der Waals surface area (Å²) in [4.78, 5) is 18.0. The monoisotopic (exact) mass is 240 g/mol. The Hall–Kier alpha value is -0.780. The second kappa shape index (κ2) is 6.08. The van der Waals surface area contributed by atoms with Gasteiger partial charge in [0.1, 0.15) is 0 Å². The zero-order chi connectivity index (χ0) is 11.2. The van der Waals surface area contributed by atoms with Gasteiger partial charge in [0.25, 0.3) is 0 Å². The summed E-state index contributed by atoms with van der Waals surface area (Å²) in [6.07, 6.45) is 3.20. The molecule has 1 fully saturated rings. The van der Waals surface area contributed by atoms with Gasteiger partial charge in [-0.05, 0) is 13.0 Å². The number of ketones is 1. The fourth-order valence-electron chi connectivity index (χ4n) is 1.76. The summed E-state index contributed by atoms with van der Waals surface area (Å²) >= 11 is 1.42. The highest BCUT2D eigenvalue weighted by atomic mass is 32.1. The van der Waals surface area contributed by atoms with Crippen LogP contribution in [0.2, 0.25) is 0 Å². The molecular formula is C11H16N2O2S. The SMILES string of the molecule is O=C(CCCN1CCOCC1)c1nccs1. The Morgan fingerprint density at radius 1 is 1.50 bits per heavy atom. The Kier molecular flexibility index (Phi) is 4.44. The summed E-state index contributed by atoms with van der Waals surface area (Å²) < 4.78 is 5.27. The van der Waals surface area contributed by atoms with E-state index in [1.165, 1.54) is 11.3 Å². The van der Waals surface area contributed by atoms with Crippen molar-refractivity contribution in [2.45, 2.75) is 12.8 Å². The Bertz CT molecular complexity index is 321. The Labute approximate surface area is 99.2 Å². The van der Waals surface area contributed by atoms with Crippen molar-refractivity contribution in [3.8, 4) is 0 Å². The predicted octanol–water partition coefficient (Wildman–Crippen LogP) is 1.44. The molecule has 2 rings (SSSR count). The van der Waals surface area contributed by atoms with Crippen LogP contribution >= 0.6 is 11.3 Å². The van der Waals surface area contributed by atoms with Crippen LogP contribution in [0.3, 0.4) is 0 Å². The summed E-state index contributed by atoms with van der Waals surface area (Å²) in [6.45, 7) is 4.61. The van der Waals surface area contributed by atoms with E-state index in [0.29, 0.717) is 11.4 Å². The minimum atomic E-state index is 0.170. The number of carbonyl (C=O) groups excluding carboxylic acids is 1. The first kappa shape index (κ1) is 11.7. The second-order valence-electron chi connectivity index (χ2n) is 3.82. The molecule has 0 unspecified atom stereocenters. The van der Waals surface area contributed by atoms with Gasteiger partial charge in [-0.25, -0.2) is 4.98 Å². The number of thiazole rings is 1. The number of morpholine rings is 1. The van der Waals surface area contributed by atoms with Crippen molar-refractivity contribution < 1.29 is 9.53 Å². The number of aromatic nitrogens is 1. The highest BCUT2D eigenvalue weighted by molar-refractivity contribution is 7.11. The summed E-state index contributed by atoms with van der Waals surface area (Å²) in [6, 6.07) is 0. The molecular weight excluding hydrogens is 224 g/mol. The standard InChI is InChI=1S/C11H16N2O2S/c14-10(11-12-3-9-16-11)2-1-4-13-5-7-15-8-6-13/h3,9H,1-2,4-8H2. The van der Waals surface area contributed by atoms with Crippen molar-refractivity contribution in [2.75, 3.05) is 32.8 Å². The van der Waals surface area contributed by atoms with E-state index in [9.17, 15) is 4.79 Å². The van der Waals surface area contributed by atoms with Crippen LogP contribution in [-0.4, -0.2) is 48.5 Å². The molecule has 4 nitrogen and oxygen atoms in total. The first-order valence-corrected chi connectivity index (χ1v) is 6.47. The Morgan fingerprint density at radius 2 is 2.31 bits per heavy atom. The normalized spacial score (nSPS) is 17.5. The number of Topliss-reactive ketones (excluding diaryl/α,β-unsaturated/α-hetero) is 1. The fourth-order valence-corrected chi connectivity index (χ4v) is 2.36. The number of rotatable bonds is 5. The lowest BCUT2D eigenvalue weighted by molar-refractivity contribution is 0.0371. The van der Waals surface area contributed by atoms with Crippen molar-refractivity contribution in [1.29, 1.82) is 0 Å². The third kappa shape index (κ3) is 3.37. The van der Waals surface area contributed by atoms with Gasteiger partial charge >= 0.3 is 0 Å². The topological polar surface area (TPSA) is 42.4 Å². The van der Waals surface area contributed by atoms with E-state index in [0.717, 1.165) is 39.3 Å². The molecule has 0 atom stereocenters. The second-order valence-corrected chi connectivity index (χ2v) is 4.71. The van der Waals surface area contributed by atoms with Gasteiger partial charge in [0.2, 0.25) is 0 Å². The van der Waals surface area contributed by atoms with Crippen LogP contribution in [0.5, 0.6) is 0 Å². The molecule has 0 radical (unpaired) electrons. The van der Waals surface area contributed by atoms with E-state index < -0.39 is 0 Å². The molecule has 1 saturated heterocycles. The molecule has 16 heavy (non-hydrogen) atoms. The molecule has 1 aliphatic rings. The Balaban J connectivity index is 1.66. The minimum absolute atomic E-state index is 0.170. The average Bonchev–Trinajstić information content (AvgIpc) is 2.84. The quantitative estimate of drug-likeness (QED) is 0.730. The van der Waals surface area contributed by atoms with Gasteiger partial charge in [-0.2, -0.15) is 0 Å². The largest absolute Gasteiger partial charge is 0.379 e. The van der Waals surface area contributed by atoms with Gasteiger partial charge in [0.05, 0.1) is 13.2 Å². The minimum Gasteiger partial charge on any atom is -0.379 e. The van der Waals surface area contributed by atoms with Gasteiger partial charge < -0.3 is 4.74 Å².